The van der Waals surface area contributed by atoms with E-state index in [4.69, 9.17) is 14.0 Å². The first-order valence-corrected chi connectivity index (χ1v) is 12.4. The van der Waals surface area contributed by atoms with Crippen LogP contribution in [-0.2, 0) is 19.5 Å². The maximum Gasteiger partial charge on any atom is 0.492 e. The lowest BCUT2D eigenvalue weighted by Gasteiger charge is -2.32. The molecule has 1 saturated heterocycles. The molecule has 1 amide bonds. The molecular formula is C29H38BNO4. The normalized spacial score (nSPS) is 19.8. The predicted molar refractivity (Wildman–Crippen MR) is 142 cm³/mol. The third-order valence-electron chi connectivity index (χ3n) is 7.35. The van der Waals surface area contributed by atoms with Gasteiger partial charge in [-0.1, -0.05) is 62.4 Å². The molecule has 0 bridgehead atoms. The molecule has 0 aromatic heterocycles. The van der Waals surface area contributed by atoms with Crippen molar-refractivity contribution >= 4 is 19.3 Å². The van der Waals surface area contributed by atoms with E-state index in [1.54, 1.807) is 0 Å². The molecule has 1 aliphatic heterocycles. The second-order valence-corrected chi connectivity index (χ2v) is 12.1. The summed E-state index contributed by atoms with van der Waals surface area (Å²) >= 11 is 0. The Bertz CT molecular complexity index is 1160. The number of nitrogens with one attached hydrogen (secondary N) is 1. The lowest BCUT2D eigenvalue weighted by Crippen LogP contribution is -2.41. The van der Waals surface area contributed by atoms with Crippen LogP contribution in [0.15, 0.2) is 47.9 Å². The van der Waals surface area contributed by atoms with E-state index < -0.39 is 30.0 Å². The van der Waals surface area contributed by atoms with Gasteiger partial charge in [-0.3, -0.25) is 0 Å². The third kappa shape index (κ3) is 4.92. The van der Waals surface area contributed by atoms with Gasteiger partial charge in [0.25, 0.3) is 0 Å². The second-order valence-electron chi connectivity index (χ2n) is 12.1. The first-order valence-electron chi connectivity index (χ1n) is 12.4. The van der Waals surface area contributed by atoms with Gasteiger partial charge in [-0.25, -0.2) is 4.79 Å². The zero-order valence-electron chi connectivity index (χ0n) is 22.5. The molecule has 0 saturated carbocycles. The van der Waals surface area contributed by atoms with Crippen molar-refractivity contribution < 1.29 is 18.8 Å². The maximum atomic E-state index is 12.4. The van der Waals surface area contributed by atoms with Gasteiger partial charge in [0, 0.05) is 12.0 Å². The Morgan fingerprint density at radius 3 is 2.17 bits per heavy atom. The van der Waals surface area contributed by atoms with Gasteiger partial charge in [-0.2, -0.15) is 0 Å². The van der Waals surface area contributed by atoms with Crippen LogP contribution < -0.4 is 5.32 Å². The number of rotatable bonds is 4. The van der Waals surface area contributed by atoms with Crippen LogP contribution in [0.1, 0.15) is 79.0 Å². The number of hydrogen-bond donors (Lipinski definition) is 1. The summed E-state index contributed by atoms with van der Waals surface area (Å²) in [7, 11) is -0.576. The molecule has 2 aromatic carbocycles. The van der Waals surface area contributed by atoms with Crippen molar-refractivity contribution in [1.29, 1.82) is 0 Å². The van der Waals surface area contributed by atoms with Crippen LogP contribution >= 0.6 is 0 Å². The fourth-order valence-electron chi connectivity index (χ4n) is 4.71. The number of carbonyl (C=O) groups excluding carboxylic acids is 1. The summed E-state index contributed by atoms with van der Waals surface area (Å²) in [6.45, 7) is 18.5. The molecule has 5 nitrogen and oxygen atoms in total. The zero-order chi connectivity index (χ0) is 25.8. The predicted octanol–water partition coefficient (Wildman–Crippen LogP) is 6.53. The van der Waals surface area contributed by atoms with Gasteiger partial charge in [0.1, 0.15) is 5.60 Å². The van der Waals surface area contributed by atoms with Gasteiger partial charge < -0.3 is 19.4 Å². The summed E-state index contributed by atoms with van der Waals surface area (Å²) in [6, 6.07) is 15.2. The van der Waals surface area contributed by atoms with Gasteiger partial charge in [0.05, 0.1) is 11.2 Å². The van der Waals surface area contributed by atoms with Crippen LogP contribution in [0.5, 0.6) is 0 Å². The van der Waals surface area contributed by atoms with Gasteiger partial charge in [-0.05, 0) is 81.8 Å². The molecule has 6 heteroatoms. The molecule has 4 rings (SSSR count). The summed E-state index contributed by atoms with van der Waals surface area (Å²) in [5, 5.41) is 2.88. The highest BCUT2D eigenvalue weighted by molar-refractivity contribution is 6.56. The zero-order valence-corrected chi connectivity index (χ0v) is 22.5. The molecular weight excluding hydrogens is 437 g/mol. The van der Waals surface area contributed by atoms with E-state index in [9.17, 15) is 4.79 Å². The third-order valence-corrected chi connectivity index (χ3v) is 7.35. The molecule has 0 atom stereocenters. The Morgan fingerprint density at radius 2 is 1.54 bits per heavy atom. The summed E-state index contributed by atoms with van der Waals surface area (Å²) in [4.78, 5) is 12.4. The number of hydrogen-bond acceptors (Lipinski definition) is 4. The monoisotopic (exact) mass is 475 g/mol. The molecule has 0 radical (unpaired) electrons. The number of alkyl carbamates (subject to hydrolysis) is 1. The highest BCUT2D eigenvalue weighted by Crippen LogP contribution is 2.49. The lowest BCUT2D eigenvalue weighted by atomic mass is 9.76. The molecule has 1 heterocycles. The van der Waals surface area contributed by atoms with Crippen molar-refractivity contribution in [1.82, 2.24) is 5.32 Å². The van der Waals surface area contributed by atoms with Gasteiger partial charge in [0.15, 0.2) is 0 Å². The maximum absolute atomic E-state index is 12.4. The number of carbonyl (C=O) groups is 1. The van der Waals surface area contributed by atoms with E-state index >= 15 is 0 Å². The average Bonchev–Trinajstić information content (AvgIpc) is 3.09. The quantitative estimate of drug-likeness (QED) is 0.511. The Balaban J connectivity index is 1.68. The smallest absolute Gasteiger partial charge is 0.444 e. The first-order chi connectivity index (χ1) is 16.1. The Hall–Kier alpha value is -2.57. The van der Waals surface area contributed by atoms with Gasteiger partial charge in [0.2, 0.25) is 0 Å². The molecule has 1 N–H and O–H groups in total. The summed E-state index contributed by atoms with van der Waals surface area (Å²) in [5.74, 6) is 0. The molecule has 35 heavy (non-hydrogen) atoms. The molecule has 2 aliphatic rings. The summed E-state index contributed by atoms with van der Waals surface area (Å²) < 4.78 is 18.1. The average molecular weight is 475 g/mol. The van der Waals surface area contributed by atoms with Crippen molar-refractivity contribution in [3.8, 4) is 11.1 Å². The van der Waals surface area contributed by atoms with Gasteiger partial charge >= 0.3 is 13.2 Å². The number of ether oxygens (including phenoxy) is 1. The minimum absolute atomic E-state index is 0.0882. The van der Waals surface area contributed by atoms with E-state index in [1.807, 2.05) is 48.5 Å². The lowest BCUT2D eigenvalue weighted by molar-refractivity contribution is 0.00578. The minimum Gasteiger partial charge on any atom is -0.444 e. The van der Waals surface area contributed by atoms with Crippen molar-refractivity contribution in [2.75, 3.05) is 6.54 Å². The molecule has 186 valence electrons. The molecule has 1 aliphatic carbocycles. The first kappa shape index (κ1) is 25.5. The standard InChI is InChI=1S/C29H38BNO4/c1-26(2,3)33-25(32)31-18-20(30-34-28(6,7)29(8,9)35-30)16-19-14-15-22-21-12-10-11-13-23(21)27(4,5)24(22)17-19/h10-17H,18H2,1-9H3,(H,31,32). The largest absolute Gasteiger partial charge is 0.492 e. The van der Waals surface area contributed by atoms with Crippen molar-refractivity contribution in [2.45, 2.75) is 84.5 Å². The van der Waals surface area contributed by atoms with Crippen LogP contribution in [0, 0.1) is 0 Å². The Labute approximate surface area is 210 Å². The van der Waals surface area contributed by atoms with Crippen LogP contribution in [0.25, 0.3) is 17.2 Å². The van der Waals surface area contributed by atoms with E-state index in [0.717, 1.165) is 11.0 Å². The molecule has 0 unspecified atom stereocenters. The van der Waals surface area contributed by atoms with Crippen molar-refractivity contribution in [2.24, 2.45) is 0 Å². The van der Waals surface area contributed by atoms with E-state index in [-0.39, 0.29) is 12.0 Å². The Morgan fingerprint density at radius 1 is 0.943 bits per heavy atom. The van der Waals surface area contributed by atoms with Gasteiger partial charge in [-0.15, -0.1) is 0 Å². The Kier molecular flexibility index (Phi) is 6.22. The molecule has 1 fully saturated rings. The van der Waals surface area contributed by atoms with Crippen LogP contribution in [0.3, 0.4) is 0 Å². The van der Waals surface area contributed by atoms with E-state index in [0.29, 0.717) is 0 Å². The number of fused-ring (bicyclic) bond motifs is 3. The van der Waals surface area contributed by atoms with E-state index in [2.05, 4.69) is 67.7 Å². The van der Waals surface area contributed by atoms with Crippen LogP contribution in [0.2, 0.25) is 0 Å². The SMILES string of the molecule is CC(C)(C)OC(=O)NCC(=Cc1ccc2c(c1)C(C)(C)c1ccccc1-2)B1OC(C)(C)C(C)(C)O1. The molecule has 2 aromatic rings. The van der Waals surface area contributed by atoms with Crippen molar-refractivity contribution in [3.05, 3.63) is 64.6 Å². The highest BCUT2D eigenvalue weighted by atomic mass is 16.7. The van der Waals surface area contributed by atoms with Crippen LogP contribution in [-0.4, -0.2) is 36.6 Å². The van der Waals surface area contributed by atoms with Crippen molar-refractivity contribution in [3.63, 3.8) is 0 Å². The topological polar surface area (TPSA) is 56.8 Å². The van der Waals surface area contributed by atoms with E-state index in [1.165, 1.54) is 22.3 Å². The summed E-state index contributed by atoms with van der Waals surface area (Å²) in [5.41, 5.74) is 5.45. The minimum atomic E-state index is -0.576. The fourth-order valence-corrected chi connectivity index (χ4v) is 4.71. The highest BCUT2D eigenvalue weighted by Gasteiger charge is 2.52. The van der Waals surface area contributed by atoms with Crippen LogP contribution in [0.4, 0.5) is 4.79 Å². The summed E-state index contributed by atoms with van der Waals surface area (Å²) in [6.07, 6.45) is 1.60. The second kappa shape index (κ2) is 8.53. The number of benzene rings is 2. The fraction of sp³-hybridized carbons (Fsp3) is 0.483. The molecule has 0 spiro atoms. The number of amides is 1.